The molecule has 1 saturated heterocycles. The van der Waals surface area contributed by atoms with Crippen molar-refractivity contribution in [2.45, 2.75) is 89.6 Å². The second kappa shape index (κ2) is 8.61. The number of hydrogen-bond donors (Lipinski definition) is 1. The molecule has 0 aliphatic carbocycles. The van der Waals surface area contributed by atoms with Crippen LogP contribution in [0.4, 0.5) is 0 Å². The maximum atomic E-state index is 6.58. The average Bonchev–Trinajstić information content (AvgIpc) is 2.38. The Labute approximate surface area is 157 Å². The summed E-state index contributed by atoms with van der Waals surface area (Å²) in [6.07, 6.45) is -1.55. The lowest BCUT2D eigenvalue weighted by Gasteiger charge is -2.50. The van der Waals surface area contributed by atoms with Crippen molar-refractivity contribution in [3.8, 4) is 0 Å². The zero-order chi connectivity index (χ0) is 19.6. The molecule has 1 fully saturated rings. The highest BCUT2D eigenvalue weighted by Gasteiger charge is 2.51. The SMILES string of the molecule is CO[C@H]1O[C@H](CN)[C@@H](O[Si](C)(C)C)[C@H](O[Si](C)(C)C)[C@H]1O[Si](C)(C)C. The fraction of sp³-hybridized carbons (Fsp3) is 1.00. The van der Waals surface area contributed by atoms with E-state index in [-0.39, 0.29) is 24.4 Å². The first kappa shape index (κ1) is 23.5. The van der Waals surface area contributed by atoms with E-state index in [1.807, 2.05) is 0 Å². The van der Waals surface area contributed by atoms with Gasteiger partial charge in [-0.15, -0.1) is 0 Å². The summed E-state index contributed by atoms with van der Waals surface area (Å²) in [6.45, 7) is 19.9. The maximum Gasteiger partial charge on any atom is 0.185 e. The number of nitrogens with two attached hydrogens (primary N) is 1. The van der Waals surface area contributed by atoms with Crippen molar-refractivity contribution in [3.63, 3.8) is 0 Å². The largest absolute Gasteiger partial charge is 0.409 e. The fourth-order valence-corrected chi connectivity index (χ4v) is 6.13. The molecule has 1 aliphatic heterocycles. The molecule has 0 amide bonds. The monoisotopic (exact) mass is 409 g/mol. The predicted octanol–water partition coefficient (Wildman–Crippen LogP) is 2.98. The molecule has 0 spiro atoms. The highest BCUT2D eigenvalue weighted by molar-refractivity contribution is 6.70. The van der Waals surface area contributed by atoms with Crippen LogP contribution in [0, 0.1) is 0 Å². The first-order valence-corrected chi connectivity index (χ1v) is 19.3. The number of ether oxygens (including phenoxy) is 2. The number of methoxy groups -OCH3 is 1. The number of hydrogen-bond acceptors (Lipinski definition) is 6. The van der Waals surface area contributed by atoms with E-state index in [1.54, 1.807) is 7.11 Å². The van der Waals surface area contributed by atoms with Crippen molar-refractivity contribution in [1.82, 2.24) is 0 Å². The van der Waals surface area contributed by atoms with E-state index in [0.29, 0.717) is 6.54 Å². The second-order valence-electron chi connectivity index (χ2n) is 9.60. The first-order chi connectivity index (χ1) is 11.2. The van der Waals surface area contributed by atoms with E-state index in [9.17, 15) is 0 Å². The van der Waals surface area contributed by atoms with Gasteiger partial charge < -0.3 is 28.5 Å². The van der Waals surface area contributed by atoms with Crippen LogP contribution in [-0.2, 0) is 22.8 Å². The molecule has 0 radical (unpaired) electrons. The lowest BCUT2D eigenvalue weighted by atomic mass is 9.99. The van der Waals surface area contributed by atoms with Crippen LogP contribution in [0.2, 0.25) is 58.9 Å². The molecular formula is C16H39NO5Si3. The molecule has 1 aliphatic rings. The molecular weight excluding hydrogens is 370 g/mol. The van der Waals surface area contributed by atoms with Crippen LogP contribution in [0.1, 0.15) is 0 Å². The van der Waals surface area contributed by atoms with Crippen molar-refractivity contribution in [2.24, 2.45) is 5.73 Å². The van der Waals surface area contributed by atoms with Gasteiger partial charge in [-0.05, 0) is 58.9 Å². The van der Waals surface area contributed by atoms with Crippen molar-refractivity contribution >= 4 is 25.0 Å². The summed E-state index contributed by atoms with van der Waals surface area (Å²) in [5, 5.41) is 0. The van der Waals surface area contributed by atoms with E-state index in [1.165, 1.54) is 0 Å². The van der Waals surface area contributed by atoms with Gasteiger partial charge in [-0.1, -0.05) is 0 Å². The fourth-order valence-electron chi connectivity index (χ4n) is 2.88. The van der Waals surface area contributed by atoms with Gasteiger partial charge in [-0.2, -0.15) is 0 Å². The van der Waals surface area contributed by atoms with Crippen LogP contribution in [0.5, 0.6) is 0 Å². The zero-order valence-electron chi connectivity index (χ0n) is 17.7. The van der Waals surface area contributed by atoms with Crippen molar-refractivity contribution in [2.75, 3.05) is 13.7 Å². The van der Waals surface area contributed by atoms with Crippen LogP contribution in [-0.4, -0.2) is 69.3 Å². The Morgan fingerprint density at radius 2 is 1.12 bits per heavy atom. The molecule has 0 saturated carbocycles. The highest BCUT2D eigenvalue weighted by atomic mass is 28.4. The summed E-state index contributed by atoms with van der Waals surface area (Å²) in [5.41, 5.74) is 6.01. The van der Waals surface area contributed by atoms with E-state index < -0.39 is 31.2 Å². The highest BCUT2D eigenvalue weighted by Crippen LogP contribution is 2.33. The molecule has 1 heterocycles. The Hall–Kier alpha value is 0.411. The summed E-state index contributed by atoms with van der Waals surface area (Å²) >= 11 is 0. The van der Waals surface area contributed by atoms with Crippen LogP contribution in [0.25, 0.3) is 0 Å². The number of rotatable bonds is 8. The summed E-state index contributed by atoms with van der Waals surface area (Å²) in [7, 11) is -3.87. The first-order valence-electron chi connectivity index (χ1n) is 9.08. The van der Waals surface area contributed by atoms with Gasteiger partial charge in [0.15, 0.2) is 31.2 Å². The van der Waals surface area contributed by atoms with E-state index in [2.05, 4.69) is 58.9 Å². The van der Waals surface area contributed by atoms with Gasteiger partial charge in [0.05, 0.1) is 0 Å². The van der Waals surface area contributed by atoms with Crippen LogP contribution in [0.3, 0.4) is 0 Å². The Kier molecular flexibility index (Phi) is 8.08. The second-order valence-corrected chi connectivity index (χ2v) is 23.0. The molecule has 2 N–H and O–H groups in total. The van der Waals surface area contributed by atoms with E-state index in [4.69, 9.17) is 28.5 Å². The molecule has 150 valence electrons. The molecule has 5 atom stereocenters. The van der Waals surface area contributed by atoms with Crippen molar-refractivity contribution in [1.29, 1.82) is 0 Å². The quantitative estimate of drug-likeness (QED) is 0.621. The molecule has 0 aromatic carbocycles. The van der Waals surface area contributed by atoms with Gasteiger partial charge in [-0.25, -0.2) is 0 Å². The molecule has 9 heteroatoms. The molecule has 25 heavy (non-hydrogen) atoms. The van der Waals surface area contributed by atoms with Crippen LogP contribution < -0.4 is 5.73 Å². The molecule has 0 aromatic heterocycles. The van der Waals surface area contributed by atoms with Crippen molar-refractivity contribution in [3.05, 3.63) is 0 Å². The van der Waals surface area contributed by atoms with Gasteiger partial charge in [0.2, 0.25) is 0 Å². The topological polar surface area (TPSA) is 72.2 Å². The Morgan fingerprint density at radius 3 is 1.48 bits per heavy atom. The third-order valence-corrected chi connectivity index (χ3v) is 6.46. The summed E-state index contributed by atoms with van der Waals surface area (Å²) in [6, 6.07) is 0. The average molecular weight is 410 g/mol. The Bertz CT molecular complexity index is 389. The van der Waals surface area contributed by atoms with Gasteiger partial charge in [0, 0.05) is 13.7 Å². The minimum absolute atomic E-state index is 0.239. The Balaban J connectivity index is 3.27. The lowest BCUT2D eigenvalue weighted by Crippen LogP contribution is -2.66. The van der Waals surface area contributed by atoms with E-state index in [0.717, 1.165) is 0 Å². The molecule has 0 aromatic rings. The molecule has 1 rings (SSSR count). The van der Waals surface area contributed by atoms with Gasteiger partial charge in [-0.3, -0.25) is 0 Å². The third kappa shape index (κ3) is 7.89. The van der Waals surface area contributed by atoms with E-state index >= 15 is 0 Å². The summed E-state index contributed by atoms with van der Waals surface area (Å²) in [4.78, 5) is 0. The molecule has 6 nitrogen and oxygen atoms in total. The minimum Gasteiger partial charge on any atom is -0.409 e. The molecule has 0 bridgehead atoms. The van der Waals surface area contributed by atoms with Gasteiger partial charge >= 0.3 is 0 Å². The Morgan fingerprint density at radius 1 is 0.720 bits per heavy atom. The minimum atomic E-state index is -1.84. The molecule has 0 unspecified atom stereocenters. The van der Waals surface area contributed by atoms with Crippen LogP contribution in [0.15, 0.2) is 0 Å². The zero-order valence-corrected chi connectivity index (χ0v) is 20.7. The standard InChI is InChI=1S/C16H39NO5Si3/c1-18-16-15(22-25(8,9)10)14(21-24(5,6)7)13(12(11-17)19-16)20-23(2,3)4/h12-16H,11,17H2,1-10H3/t12-,13-,14+,15-,16+/m1/s1. The van der Waals surface area contributed by atoms with Gasteiger partial charge in [0.25, 0.3) is 0 Å². The predicted molar refractivity (Wildman–Crippen MR) is 109 cm³/mol. The maximum absolute atomic E-state index is 6.58. The van der Waals surface area contributed by atoms with Crippen LogP contribution >= 0.6 is 0 Å². The normalized spacial score (nSPS) is 32.0. The van der Waals surface area contributed by atoms with Gasteiger partial charge in [0.1, 0.15) is 24.4 Å². The lowest BCUT2D eigenvalue weighted by molar-refractivity contribution is -0.276. The third-order valence-electron chi connectivity index (χ3n) is 3.52. The summed E-state index contributed by atoms with van der Waals surface area (Å²) in [5.74, 6) is 0. The van der Waals surface area contributed by atoms with Crippen molar-refractivity contribution < 1.29 is 22.8 Å². The smallest absolute Gasteiger partial charge is 0.185 e. The summed E-state index contributed by atoms with van der Waals surface area (Å²) < 4.78 is 31.3.